The summed E-state index contributed by atoms with van der Waals surface area (Å²) in [6, 6.07) is 5.03. The van der Waals surface area contributed by atoms with Crippen LogP contribution < -0.4 is 9.64 Å². The maximum Gasteiger partial charge on any atom is 0.328 e. The molecule has 0 aliphatic carbocycles. The van der Waals surface area contributed by atoms with Crippen molar-refractivity contribution in [1.29, 1.82) is 0 Å². The first-order chi connectivity index (χ1) is 11.0. The Bertz CT molecular complexity index is 584. The first-order valence-corrected chi connectivity index (χ1v) is 8.26. The Kier molecular flexibility index (Phi) is 5.64. The van der Waals surface area contributed by atoms with Gasteiger partial charge in [-0.1, -0.05) is 13.8 Å². The van der Waals surface area contributed by atoms with Gasteiger partial charge in [-0.2, -0.15) is 0 Å². The Hall–Kier alpha value is -2.04. The maximum atomic E-state index is 12.3. The van der Waals surface area contributed by atoms with E-state index in [1.54, 1.807) is 13.0 Å². The topological polar surface area (TPSA) is 55.8 Å². The fraction of sp³-hybridized carbons (Fsp3) is 0.556. The second-order valence-electron chi connectivity index (χ2n) is 5.72. The Morgan fingerprint density at radius 2 is 2.09 bits per heavy atom. The van der Waals surface area contributed by atoms with Crippen LogP contribution >= 0.6 is 0 Å². The Labute approximate surface area is 137 Å². The lowest BCUT2D eigenvalue weighted by Crippen LogP contribution is -2.49. The van der Waals surface area contributed by atoms with Gasteiger partial charge in [0.1, 0.15) is 17.9 Å². The van der Waals surface area contributed by atoms with Crippen molar-refractivity contribution >= 4 is 17.4 Å². The molecule has 0 bridgehead atoms. The molecular weight excluding hydrogens is 294 g/mol. The number of carbonyl (C=O) groups is 2. The molecule has 1 aromatic carbocycles. The number of fused-ring (bicyclic) bond motifs is 1. The molecule has 1 aromatic rings. The molecule has 0 N–H and O–H groups in total. The van der Waals surface area contributed by atoms with Gasteiger partial charge in [0.2, 0.25) is 0 Å². The van der Waals surface area contributed by atoms with Crippen molar-refractivity contribution in [3.63, 3.8) is 0 Å². The van der Waals surface area contributed by atoms with Crippen LogP contribution in [0.1, 0.15) is 50.9 Å². The van der Waals surface area contributed by atoms with Gasteiger partial charge in [-0.25, -0.2) is 4.79 Å². The summed E-state index contributed by atoms with van der Waals surface area (Å²) in [6.45, 7) is 8.34. The van der Waals surface area contributed by atoms with Gasteiger partial charge in [-0.3, -0.25) is 4.79 Å². The summed E-state index contributed by atoms with van der Waals surface area (Å²) in [4.78, 5) is 26.0. The number of esters is 1. The van der Waals surface area contributed by atoms with E-state index in [9.17, 15) is 9.59 Å². The molecule has 0 saturated heterocycles. The summed E-state index contributed by atoms with van der Waals surface area (Å²) < 4.78 is 11.2. The van der Waals surface area contributed by atoms with E-state index in [0.29, 0.717) is 25.1 Å². The number of ether oxygens (including phenoxy) is 2. The number of ketones is 1. The zero-order chi connectivity index (χ0) is 17.0. The maximum absolute atomic E-state index is 12.3. The normalized spacial score (nSPS) is 17.9. The number of carbonyl (C=O) groups excluding carboxylic acids is 2. The average Bonchev–Trinajstić information content (AvgIpc) is 2.54. The summed E-state index contributed by atoms with van der Waals surface area (Å²) in [7, 11) is 0. The van der Waals surface area contributed by atoms with Crippen molar-refractivity contribution in [3.05, 3.63) is 23.8 Å². The molecular formula is C18H25NO4. The summed E-state index contributed by atoms with van der Waals surface area (Å²) in [6.07, 6.45) is 1.51. The van der Waals surface area contributed by atoms with E-state index in [2.05, 4.69) is 6.92 Å². The van der Waals surface area contributed by atoms with Gasteiger partial charge in [0, 0.05) is 5.56 Å². The van der Waals surface area contributed by atoms with Gasteiger partial charge in [0.25, 0.3) is 0 Å². The van der Waals surface area contributed by atoms with Crippen LogP contribution in [0.2, 0.25) is 0 Å². The zero-order valence-corrected chi connectivity index (χ0v) is 14.3. The van der Waals surface area contributed by atoms with Crippen LogP contribution in [0.15, 0.2) is 18.2 Å². The summed E-state index contributed by atoms with van der Waals surface area (Å²) in [5.74, 6) is 0.483. The molecule has 2 unspecified atom stereocenters. The van der Waals surface area contributed by atoms with E-state index < -0.39 is 0 Å². The second kappa shape index (κ2) is 7.49. The number of Topliss-reactive ketones (excluding diaryl/α,β-unsaturated/α-hetero) is 1. The smallest absolute Gasteiger partial charge is 0.328 e. The van der Waals surface area contributed by atoms with Gasteiger partial charge in [-0.05, 0) is 44.9 Å². The molecule has 0 fully saturated rings. The number of rotatable bonds is 6. The van der Waals surface area contributed by atoms with Crippen LogP contribution in [0.3, 0.4) is 0 Å². The highest BCUT2D eigenvalue weighted by Crippen LogP contribution is 2.37. The van der Waals surface area contributed by atoms with Crippen LogP contribution in [0.4, 0.5) is 5.69 Å². The van der Waals surface area contributed by atoms with Crippen molar-refractivity contribution in [1.82, 2.24) is 0 Å². The minimum absolute atomic E-state index is 0.00505. The fourth-order valence-corrected chi connectivity index (χ4v) is 2.86. The molecule has 5 heteroatoms. The molecule has 0 amide bonds. The zero-order valence-electron chi connectivity index (χ0n) is 14.3. The van der Waals surface area contributed by atoms with Gasteiger partial charge in [0.15, 0.2) is 5.78 Å². The SMILES string of the molecule is CCOC(=O)C(CC)N1CC(CC)Oc2ccc(C(C)=O)cc21. The Morgan fingerprint density at radius 3 is 2.65 bits per heavy atom. The lowest BCUT2D eigenvalue weighted by Gasteiger charge is -2.39. The fourth-order valence-electron chi connectivity index (χ4n) is 2.86. The Morgan fingerprint density at radius 1 is 1.35 bits per heavy atom. The third-order valence-corrected chi connectivity index (χ3v) is 4.15. The van der Waals surface area contributed by atoms with E-state index >= 15 is 0 Å². The summed E-state index contributed by atoms with van der Waals surface area (Å²) >= 11 is 0. The third-order valence-electron chi connectivity index (χ3n) is 4.15. The summed E-state index contributed by atoms with van der Waals surface area (Å²) in [5.41, 5.74) is 1.41. The third kappa shape index (κ3) is 3.66. The largest absolute Gasteiger partial charge is 0.486 e. The van der Waals surface area contributed by atoms with Crippen LogP contribution in [0.5, 0.6) is 5.75 Å². The first-order valence-electron chi connectivity index (χ1n) is 8.26. The van der Waals surface area contributed by atoms with Crippen molar-refractivity contribution in [3.8, 4) is 5.75 Å². The molecule has 0 aromatic heterocycles. The molecule has 1 aliphatic heterocycles. The number of nitrogens with zero attached hydrogens (tertiary/aromatic N) is 1. The number of benzene rings is 1. The van der Waals surface area contributed by atoms with Crippen LogP contribution in [0, 0.1) is 0 Å². The van der Waals surface area contributed by atoms with Crippen molar-refractivity contribution < 1.29 is 19.1 Å². The standard InChI is InChI=1S/C18H25NO4/c1-5-14-11-19(15(6-2)18(21)22-7-3)16-10-13(12(4)20)8-9-17(16)23-14/h8-10,14-15H,5-7,11H2,1-4H3. The molecule has 0 saturated carbocycles. The molecule has 23 heavy (non-hydrogen) atoms. The Balaban J connectivity index is 2.43. The van der Waals surface area contributed by atoms with Gasteiger partial charge in [0.05, 0.1) is 18.8 Å². The first kappa shape index (κ1) is 17.3. The minimum atomic E-state index is -0.367. The average molecular weight is 319 g/mol. The predicted octanol–water partition coefficient (Wildman–Crippen LogP) is 3.21. The lowest BCUT2D eigenvalue weighted by molar-refractivity contribution is -0.145. The van der Waals surface area contributed by atoms with Crippen molar-refractivity contribution in [2.45, 2.75) is 52.7 Å². The van der Waals surface area contributed by atoms with Crippen molar-refractivity contribution in [2.75, 3.05) is 18.1 Å². The van der Waals surface area contributed by atoms with Crippen molar-refractivity contribution in [2.24, 2.45) is 0 Å². The predicted molar refractivity (Wildman–Crippen MR) is 89.2 cm³/mol. The molecule has 2 rings (SSSR count). The van der Waals surface area contributed by atoms with E-state index in [-0.39, 0.29) is 23.9 Å². The van der Waals surface area contributed by atoms with Gasteiger partial charge >= 0.3 is 5.97 Å². The molecule has 1 heterocycles. The number of hydrogen-bond acceptors (Lipinski definition) is 5. The van der Waals surface area contributed by atoms with Crippen LogP contribution in [0.25, 0.3) is 0 Å². The lowest BCUT2D eigenvalue weighted by atomic mass is 10.0. The molecule has 126 valence electrons. The molecule has 2 atom stereocenters. The van der Waals surface area contributed by atoms with E-state index in [1.165, 1.54) is 6.92 Å². The van der Waals surface area contributed by atoms with Crippen LogP contribution in [-0.4, -0.2) is 37.0 Å². The minimum Gasteiger partial charge on any atom is -0.486 e. The monoisotopic (exact) mass is 319 g/mol. The molecule has 5 nitrogen and oxygen atoms in total. The van der Waals surface area contributed by atoms with E-state index in [0.717, 1.165) is 17.9 Å². The van der Waals surface area contributed by atoms with E-state index in [4.69, 9.17) is 9.47 Å². The highest BCUT2D eigenvalue weighted by Gasteiger charge is 2.33. The summed E-state index contributed by atoms with van der Waals surface area (Å²) in [5, 5.41) is 0. The van der Waals surface area contributed by atoms with Gasteiger partial charge in [-0.15, -0.1) is 0 Å². The quantitative estimate of drug-likeness (QED) is 0.595. The molecule has 1 aliphatic rings. The molecule has 0 radical (unpaired) electrons. The van der Waals surface area contributed by atoms with Crippen LogP contribution in [-0.2, 0) is 9.53 Å². The molecule has 0 spiro atoms. The second-order valence-corrected chi connectivity index (χ2v) is 5.72. The number of hydrogen-bond donors (Lipinski definition) is 0. The van der Waals surface area contributed by atoms with Gasteiger partial charge < -0.3 is 14.4 Å². The highest BCUT2D eigenvalue weighted by molar-refractivity contribution is 5.96. The van der Waals surface area contributed by atoms with E-state index in [1.807, 2.05) is 24.0 Å². The highest BCUT2D eigenvalue weighted by atomic mass is 16.5. The number of anilines is 1.